The van der Waals surface area contributed by atoms with Crippen LogP contribution in [0.25, 0.3) is 0 Å². The van der Waals surface area contributed by atoms with Gasteiger partial charge in [0.2, 0.25) is 10.0 Å². The average molecular weight is 471 g/mol. The van der Waals surface area contributed by atoms with Gasteiger partial charge in [0, 0.05) is 30.6 Å². The standard InChI is InChI=1S/C25H30N2O5S/c28-24(19-8-10-20(11-9-19)33(29,30)27-14-16-31-17-15-27)26-22-18-25(12-4-1-5-13-25)32-23-7-3-2-6-21(22)23/h2-3,6-11,22H,1,4-5,12-18H2,(H,26,28). The molecule has 1 unspecified atom stereocenters. The fourth-order valence-corrected chi connectivity index (χ4v) is 6.61. The number of rotatable bonds is 4. The fraction of sp³-hybridized carbons (Fsp3) is 0.480. The van der Waals surface area contributed by atoms with Crippen LogP contribution < -0.4 is 10.1 Å². The molecule has 2 aliphatic heterocycles. The smallest absolute Gasteiger partial charge is 0.251 e. The van der Waals surface area contributed by atoms with Gasteiger partial charge in [-0.25, -0.2) is 8.42 Å². The monoisotopic (exact) mass is 470 g/mol. The van der Waals surface area contributed by atoms with E-state index >= 15 is 0 Å². The van der Waals surface area contributed by atoms with E-state index in [4.69, 9.17) is 9.47 Å². The van der Waals surface area contributed by atoms with E-state index < -0.39 is 10.0 Å². The van der Waals surface area contributed by atoms with Gasteiger partial charge < -0.3 is 14.8 Å². The molecule has 2 fully saturated rings. The number of carbonyl (C=O) groups excluding carboxylic acids is 1. The minimum atomic E-state index is -3.59. The lowest BCUT2D eigenvalue weighted by atomic mass is 9.77. The molecule has 1 spiro atoms. The van der Waals surface area contributed by atoms with Crippen LogP contribution in [-0.4, -0.2) is 50.5 Å². The molecule has 176 valence electrons. The number of nitrogens with zero attached hydrogens (tertiary/aromatic N) is 1. The second kappa shape index (κ2) is 9.08. The first-order chi connectivity index (χ1) is 16.0. The van der Waals surface area contributed by atoms with Gasteiger partial charge in [-0.3, -0.25) is 4.79 Å². The van der Waals surface area contributed by atoms with Gasteiger partial charge in [0.15, 0.2) is 0 Å². The number of amides is 1. The first-order valence-electron chi connectivity index (χ1n) is 11.7. The number of hydrogen-bond acceptors (Lipinski definition) is 5. The molecule has 8 heteroatoms. The van der Waals surface area contributed by atoms with Gasteiger partial charge in [-0.15, -0.1) is 0 Å². The maximum Gasteiger partial charge on any atom is 0.251 e. The molecule has 2 aromatic carbocycles. The molecule has 5 rings (SSSR count). The summed E-state index contributed by atoms with van der Waals surface area (Å²) in [6.45, 7) is 1.48. The summed E-state index contributed by atoms with van der Waals surface area (Å²) in [6, 6.07) is 14.0. The van der Waals surface area contributed by atoms with Crippen LogP contribution in [0.3, 0.4) is 0 Å². The highest BCUT2D eigenvalue weighted by Crippen LogP contribution is 2.46. The van der Waals surface area contributed by atoms with E-state index in [1.165, 1.54) is 22.9 Å². The van der Waals surface area contributed by atoms with Crippen LogP contribution in [0.5, 0.6) is 5.75 Å². The predicted molar refractivity (Wildman–Crippen MR) is 124 cm³/mol. The Bertz CT molecular complexity index is 1100. The van der Waals surface area contributed by atoms with Gasteiger partial charge in [-0.05, 0) is 56.0 Å². The van der Waals surface area contributed by atoms with E-state index in [1.54, 1.807) is 12.1 Å². The molecule has 2 heterocycles. The van der Waals surface area contributed by atoms with E-state index in [9.17, 15) is 13.2 Å². The van der Waals surface area contributed by atoms with E-state index in [0.717, 1.165) is 43.4 Å². The minimum Gasteiger partial charge on any atom is -0.487 e. The molecule has 1 aliphatic carbocycles. The van der Waals surface area contributed by atoms with Crippen molar-refractivity contribution in [3.05, 3.63) is 59.7 Å². The topological polar surface area (TPSA) is 84.9 Å². The van der Waals surface area contributed by atoms with Crippen LogP contribution >= 0.6 is 0 Å². The normalized spacial score (nSPS) is 22.8. The van der Waals surface area contributed by atoms with Crippen LogP contribution in [0, 0.1) is 0 Å². The summed E-state index contributed by atoms with van der Waals surface area (Å²) >= 11 is 0. The second-order valence-electron chi connectivity index (χ2n) is 9.15. The largest absolute Gasteiger partial charge is 0.487 e. The molecule has 0 bridgehead atoms. The van der Waals surface area contributed by atoms with Crippen molar-refractivity contribution in [1.29, 1.82) is 0 Å². The quantitative estimate of drug-likeness (QED) is 0.737. The van der Waals surface area contributed by atoms with Crippen molar-refractivity contribution in [2.75, 3.05) is 26.3 Å². The van der Waals surface area contributed by atoms with Crippen molar-refractivity contribution >= 4 is 15.9 Å². The zero-order chi connectivity index (χ0) is 22.9. The summed E-state index contributed by atoms with van der Waals surface area (Å²) in [7, 11) is -3.59. The van der Waals surface area contributed by atoms with Gasteiger partial charge in [-0.2, -0.15) is 4.31 Å². The molecule has 33 heavy (non-hydrogen) atoms. The average Bonchev–Trinajstić information content (AvgIpc) is 2.85. The van der Waals surface area contributed by atoms with E-state index in [2.05, 4.69) is 5.32 Å². The number of sulfonamides is 1. The molecular formula is C25H30N2O5S. The van der Waals surface area contributed by atoms with Crippen molar-refractivity contribution in [3.63, 3.8) is 0 Å². The minimum absolute atomic E-state index is 0.141. The van der Waals surface area contributed by atoms with Crippen molar-refractivity contribution in [2.45, 2.75) is 55.1 Å². The van der Waals surface area contributed by atoms with Gasteiger partial charge >= 0.3 is 0 Å². The number of ether oxygens (including phenoxy) is 2. The van der Waals surface area contributed by atoms with Crippen LogP contribution in [0.1, 0.15) is 60.5 Å². The van der Waals surface area contributed by atoms with Gasteiger partial charge in [0.1, 0.15) is 11.4 Å². The fourth-order valence-electron chi connectivity index (χ4n) is 5.21. The highest BCUT2D eigenvalue weighted by Gasteiger charge is 2.42. The highest BCUT2D eigenvalue weighted by molar-refractivity contribution is 7.89. The molecule has 1 amide bonds. The first-order valence-corrected chi connectivity index (χ1v) is 13.2. The van der Waals surface area contributed by atoms with Crippen molar-refractivity contribution in [2.24, 2.45) is 0 Å². The number of fused-ring (bicyclic) bond motifs is 1. The summed E-state index contributed by atoms with van der Waals surface area (Å²) in [5.41, 5.74) is 1.21. The lowest BCUT2D eigenvalue weighted by Gasteiger charge is -2.44. The third kappa shape index (κ3) is 4.52. The Balaban J connectivity index is 1.33. The SMILES string of the molecule is O=C(NC1CC2(CCCCC2)Oc2ccccc21)c1ccc(S(=O)(=O)N2CCOCC2)cc1. The lowest BCUT2D eigenvalue weighted by molar-refractivity contribution is -0.00210. The predicted octanol–water partition coefficient (Wildman–Crippen LogP) is 3.66. The Morgan fingerprint density at radius 1 is 0.970 bits per heavy atom. The molecule has 1 saturated heterocycles. The summed E-state index contributed by atoms with van der Waals surface area (Å²) in [5, 5.41) is 3.19. The summed E-state index contributed by atoms with van der Waals surface area (Å²) in [5.74, 6) is 0.640. The number of nitrogens with one attached hydrogen (secondary N) is 1. The molecule has 0 aromatic heterocycles. The van der Waals surface area contributed by atoms with E-state index in [1.807, 2.05) is 24.3 Å². The Hall–Kier alpha value is -2.42. The van der Waals surface area contributed by atoms with Gasteiger partial charge in [-0.1, -0.05) is 24.6 Å². The molecular weight excluding hydrogens is 440 g/mol. The van der Waals surface area contributed by atoms with Crippen molar-refractivity contribution in [3.8, 4) is 5.75 Å². The highest BCUT2D eigenvalue weighted by atomic mass is 32.2. The second-order valence-corrected chi connectivity index (χ2v) is 11.1. The van der Waals surface area contributed by atoms with Crippen LogP contribution in [0.2, 0.25) is 0 Å². The molecule has 3 aliphatic rings. The maximum absolute atomic E-state index is 13.1. The Morgan fingerprint density at radius 2 is 1.67 bits per heavy atom. The third-order valence-corrected chi connectivity index (χ3v) is 8.90. The molecule has 1 atom stereocenters. The van der Waals surface area contributed by atoms with E-state index in [-0.39, 0.29) is 22.4 Å². The number of carbonyl (C=O) groups is 1. The van der Waals surface area contributed by atoms with Gasteiger partial charge in [0.05, 0.1) is 24.2 Å². The third-order valence-electron chi connectivity index (χ3n) is 6.99. The number of morpholine rings is 1. The van der Waals surface area contributed by atoms with Crippen molar-refractivity contribution < 1.29 is 22.7 Å². The summed E-state index contributed by atoms with van der Waals surface area (Å²) in [6.07, 6.45) is 6.26. The molecule has 1 N–H and O–H groups in total. The molecule has 2 aromatic rings. The first kappa shape index (κ1) is 22.4. The summed E-state index contributed by atoms with van der Waals surface area (Å²) in [4.78, 5) is 13.3. The molecule has 0 radical (unpaired) electrons. The molecule has 7 nitrogen and oxygen atoms in total. The maximum atomic E-state index is 13.1. The zero-order valence-corrected chi connectivity index (χ0v) is 19.5. The lowest BCUT2D eigenvalue weighted by Crippen LogP contribution is -2.46. The molecule has 1 saturated carbocycles. The number of para-hydroxylation sites is 1. The van der Waals surface area contributed by atoms with Crippen LogP contribution in [-0.2, 0) is 14.8 Å². The van der Waals surface area contributed by atoms with E-state index in [0.29, 0.717) is 31.9 Å². The summed E-state index contributed by atoms with van der Waals surface area (Å²) < 4.78 is 38.8. The Kier molecular flexibility index (Phi) is 6.16. The zero-order valence-electron chi connectivity index (χ0n) is 18.7. The van der Waals surface area contributed by atoms with Gasteiger partial charge in [0.25, 0.3) is 5.91 Å². The van der Waals surface area contributed by atoms with Crippen LogP contribution in [0.4, 0.5) is 0 Å². The van der Waals surface area contributed by atoms with Crippen LogP contribution in [0.15, 0.2) is 53.4 Å². The Morgan fingerprint density at radius 3 is 2.39 bits per heavy atom. The number of hydrogen-bond donors (Lipinski definition) is 1. The Labute approximate surface area is 195 Å². The van der Waals surface area contributed by atoms with Crippen molar-refractivity contribution in [1.82, 2.24) is 9.62 Å². The number of benzene rings is 2.